The molecule has 1 aromatic heterocycles. The highest BCUT2D eigenvalue weighted by molar-refractivity contribution is 5.95. The molecule has 0 aliphatic heterocycles. The average Bonchev–Trinajstić information content (AvgIpc) is 3.08. The van der Waals surface area contributed by atoms with Crippen molar-refractivity contribution in [1.29, 1.82) is 0 Å². The molecule has 3 aromatic rings. The number of aryl methyl sites for hydroxylation is 2. The predicted octanol–water partition coefficient (Wildman–Crippen LogP) is 3.77. The molecule has 0 fully saturated rings. The fraction of sp³-hybridized carbons (Fsp3) is 0.318. The third-order valence-corrected chi connectivity index (χ3v) is 4.72. The van der Waals surface area contributed by atoms with E-state index in [9.17, 15) is 9.59 Å². The molecule has 1 heterocycles. The quantitative estimate of drug-likeness (QED) is 0.565. The highest BCUT2D eigenvalue weighted by atomic mass is 16.5. The maximum atomic E-state index is 12.9. The van der Waals surface area contributed by atoms with Crippen LogP contribution in [0.25, 0.3) is 11.0 Å². The molecule has 2 aromatic carbocycles. The van der Waals surface area contributed by atoms with Gasteiger partial charge in [-0.25, -0.2) is 9.78 Å². The third kappa shape index (κ3) is 4.56. The van der Waals surface area contributed by atoms with E-state index in [1.54, 1.807) is 26.0 Å². The van der Waals surface area contributed by atoms with Gasteiger partial charge in [0.25, 0.3) is 5.91 Å². The van der Waals surface area contributed by atoms with Crippen LogP contribution in [-0.2, 0) is 4.79 Å². The van der Waals surface area contributed by atoms with E-state index in [0.717, 1.165) is 11.0 Å². The molecular weight excluding hydrogens is 370 g/mol. The molecule has 152 valence electrons. The molecule has 1 unspecified atom stereocenters. The summed E-state index contributed by atoms with van der Waals surface area (Å²) in [4.78, 5) is 31.6. The van der Waals surface area contributed by atoms with Crippen molar-refractivity contribution in [3.63, 3.8) is 0 Å². The first-order valence-electron chi connectivity index (χ1n) is 9.47. The Morgan fingerprint density at radius 1 is 1.17 bits per heavy atom. The molecule has 7 nitrogen and oxygen atoms in total. The van der Waals surface area contributed by atoms with E-state index in [0.29, 0.717) is 28.3 Å². The van der Waals surface area contributed by atoms with Crippen molar-refractivity contribution >= 4 is 22.9 Å². The minimum absolute atomic E-state index is 0.125. The standard InChI is InChI=1S/C22H25N3O4/c1-12(2)19(21-23-16-7-5-6-8-17(16)24-21)25-22(28)15-9-13(3)20(14(4)10-15)29-11-18(26)27/h5-10,12,19H,11H2,1-4H3,(H,23,24)(H,25,28)(H,26,27). The number of carbonyl (C=O) groups excluding carboxylic acids is 1. The smallest absolute Gasteiger partial charge is 0.341 e. The Hall–Kier alpha value is -3.35. The number of nitrogens with one attached hydrogen (secondary N) is 2. The predicted molar refractivity (Wildman–Crippen MR) is 110 cm³/mol. The fourth-order valence-electron chi connectivity index (χ4n) is 3.34. The van der Waals surface area contributed by atoms with Crippen LogP contribution in [0.3, 0.4) is 0 Å². The number of benzene rings is 2. The normalized spacial score (nSPS) is 12.2. The van der Waals surface area contributed by atoms with E-state index in [1.807, 2.05) is 38.1 Å². The Kier molecular flexibility index (Phi) is 5.87. The molecule has 0 saturated carbocycles. The Bertz CT molecular complexity index is 999. The molecular formula is C22H25N3O4. The summed E-state index contributed by atoms with van der Waals surface area (Å²) >= 11 is 0. The summed E-state index contributed by atoms with van der Waals surface area (Å²) in [5.41, 5.74) is 3.69. The van der Waals surface area contributed by atoms with E-state index >= 15 is 0 Å². The number of para-hydroxylation sites is 2. The summed E-state index contributed by atoms with van der Waals surface area (Å²) in [6, 6.07) is 10.9. The summed E-state index contributed by atoms with van der Waals surface area (Å²) in [6.07, 6.45) is 0. The molecule has 1 atom stereocenters. The number of aliphatic carboxylic acids is 1. The van der Waals surface area contributed by atoms with Crippen LogP contribution >= 0.6 is 0 Å². The molecule has 1 amide bonds. The van der Waals surface area contributed by atoms with E-state index in [-0.39, 0.29) is 17.9 Å². The van der Waals surface area contributed by atoms with Crippen LogP contribution in [0.5, 0.6) is 5.75 Å². The Balaban J connectivity index is 1.84. The van der Waals surface area contributed by atoms with Gasteiger partial charge in [-0.15, -0.1) is 0 Å². The molecule has 3 N–H and O–H groups in total. The summed E-state index contributed by atoms with van der Waals surface area (Å²) < 4.78 is 5.34. The number of imidazole rings is 1. The zero-order chi connectivity index (χ0) is 21.1. The number of H-pyrrole nitrogens is 1. The summed E-state index contributed by atoms with van der Waals surface area (Å²) in [5.74, 6) is 0.0577. The number of fused-ring (bicyclic) bond motifs is 1. The topological polar surface area (TPSA) is 104 Å². The number of ether oxygens (including phenoxy) is 1. The van der Waals surface area contributed by atoms with Crippen LogP contribution in [0.4, 0.5) is 0 Å². The minimum Gasteiger partial charge on any atom is -0.481 e. The van der Waals surface area contributed by atoms with Gasteiger partial charge in [0, 0.05) is 5.56 Å². The van der Waals surface area contributed by atoms with Gasteiger partial charge >= 0.3 is 5.97 Å². The summed E-state index contributed by atoms with van der Waals surface area (Å²) in [5, 5.41) is 11.9. The highest BCUT2D eigenvalue weighted by Gasteiger charge is 2.23. The van der Waals surface area contributed by atoms with Crippen molar-refractivity contribution in [2.75, 3.05) is 6.61 Å². The van der Waals surface area contributed by atoms with Gasteiger partial charge in [-0.3, -0.25) is 4.79 Å². The van der Waals surface area contributed by atoms with Gasteiger partial charge in [-0.1, -0.05) is 26.0 Å². The fourth-order valence-corrected chi connectivity index (χ4v) is 3.34. The SMILES string of the molecule is Cc1cc(C(=O)NC(c2nc3ccccc3[nH]2)C(C)C)cc(C)c1OCC(=O)O. The molecule has 0 spiro atoms. The number of amides is 1. The lowest BCUT2D eigenvalue weighted by atomic mass is 10.0. The lowest BCUT2D eigenvalue weighted by Gasteiger charge is -2.21. The van der Waals surface area contributed by atoms with Crippen molar-refractivity contribution in [2.45, 2.75) is 33.7 Å². The highest BCUT2D eigenvalue weighted by Crippen LogP contribution is 2.26. The van der Waals surface area contributed by atoms with Gasteiger partial charge in [-0.05, 0) is 55.2 Å². The zero-order valence-corrected chi connectivity index (χ0v) is 16.9. The largest absolute Gasteiger partial charge is 0.481 e. The molecule has 29 heavy (non-hydrogen) atoms. The molecule has 0 saturated heterocycles. The number of aromatic nitrogens is 2. The van der Waals surface area contributed by atoms with Gasteiger partial charge in [0.15, 0.2) is 6.61 Å². The molecule has 0 bridgehead atoms. The van der Waals surface area contributed by atoms with Crippen LogP contribution < -0.4 is 10.1 Å². The monoisotopic (exact) mass is 395 g/mol. The van der Waals surface area contributed by atoms with E-state index in [4.69, 9.17) is 9.84 Å². The molecule has 0 radical (unpaired) electrons. The van der Waals surface area contributed by atoms with Gasteiger partial charge in [0.2, 0.25) is 0 Å². The summed E-state index contributed by atoms with van der Waals surface area (Å²) in [6.45, 7) is 7.21. The van der Waals surface area contributed by atoms with Crippen molar-refractivity contribution in [3.8, 4) is 5.75 Å². The van der Waals surface area contributed by atoms with Crippen molar-refractivity contribution in [3.05, 3.63) is 58.9 Å². The van der Waals surface area contributed by atoms with E-state index < -0.39 is 12.6 Å². The number of hydrogen-bond donors (Lipinski definition) is 3. The van der Waals surface area contributed by atoms with Gasteiger partial charge in [-0.2, -0.15) is 0 Å². The van der Waals surface area contributed by atoms with E-state index in [2.05, 4.69) is 15.3 Å². The van der Waals surface area contributed by atoms with Crippen molar-refractivity contribution in [1.82, 2.24) is 15.3 Å². The van der Waals surface area contributed by atoms with Crippen molar-refractivity contribution in [2.24, 2.45) is 5.92 Å². The van der Waals surface area contributed by atoms with Crippen LogP contribution in [-0.4, -0.2) is 33.6 Å². The van der Waals surface area contributed by atoms with Crippen LogP contribution in [0, 0.1) is 19.8 Å². The molecule has 0 aliphatic carbocycles. The average molecular weight is 395 g/mol. The second kappa shape index (κ2) is 8.34. The first-order valence-corrected chi connectivity index (χ1v) is 9.47. The van der Waals surface area contributed by atoms with Crippen LogP contribution in [0.1, 0.15) is 47.2 Å². The van der Waals surface area contributed by atoms with Crippen LogP contribution in [0.15, 0.2) is 36.4 Å². The Labute approximate surface area is 169 Å². The maximum absolute atomic E-state index is 12.9. The molecule has 0 aliphatic rings. The number of carboxylic acid groups (broad SMARTS) is 1. The number of carbonyl (C=O) groups is 2. The lowest BCUT2D eigenvalue weighted by Crippen LogP contribution is -2.32. The molecule has 3 rings (SSSR count). The second-order valence-electron chi connectivity index (χ2n) is 7.46. The number of carboxylic acids is 1. The van der Waals surface area contributed by atoms with E-state index in [1.165, 1.54) is 0 Å². The zero-order valence-electron chi connectivity index (χ0n) is 16.9. The summed E-state index contributed by atoms with van der Waals surface area (Å²) in [7, 11) is 0. The lowest BCUT2D eigenvalue weighted by molar-refractivity contribution is -0.139. The first-order chi connectivity index (χ1) is 13.8. The van der Waals surface area contributed by atoms with Crippen LogP contribution in [0.2, 0.25) is 0 Å². The Morgan fingerprint density at radius 3 is 2.41 bits per heavy atom. The number of rotatable bonds is 7. The third-order valence-electron chi connectivity index (χ3n) is 4.72. The molecule has 7 heteroatoms. The van der Waals surface area contributed by atoms with Crippen molar-refractivity contribution < 1.29 is 19.4 Å². The van der Waals surface area contributed by atoms with Gasteiger partial charge in [0.05, 0.1) is 17.1 Å². The second-order valence-corrected chi connectivity index (χ2v) is 7.46. The first kappa shape index (κ1) is 20.4. The van der Waals surface area contributed by atoms with Gasteiger partial charge < -0.3 is 20.1 Å². The van der Waals surface area contributed by atoms with Gasteiger partial charge in [0.1, 0.15) is 11.6 Å². The number of hydrogen-bond acceptors (Lipinski definition) is 4. The number of aromatic amines is 1. The minimum atomic E-state index is -1.05. The maximum Gasteiger partial charge on any atom is 0.341 e. The Morgan fingerprint density at radius 2 is 1.83 bits per heavy atom. The number of nitrogens with zero attached hydrogens (tertiary/aromatic N) is 1.